The zero-order valence-corrected chi connectivity index (χ0v) is 13.9. The Morgan fingerprint density at radius 1 is 1.08 bits per heavy atom. The SMILES string of the molecule is O=C(O)[C@H](Cc1ccccc1)NS(=O)(=O)c1ccc2c(c1)CCC2. The molecule has 0 saturated heterocycles. The van der Waals surface area contributed by atoms with Crippen molar-refractivity contribution in [1.29, 1.82) is 0 Å². The molecule has 1 atom stereocenters. The van der Waals surface area contributed by atoms with Crippen LogP contribution in [0.3, 0.4) is 0 Å². The molecule has 3 rings (SSSR count). The van der Waals surface area contributed by atoms with Crippen molar-refractivity contribution in [3.05, 3.63) is 65.2 Å². The van der Waals surface area contributed by atoms with Gasteiger partial charge in [-0.25, -0.2) is 8.42 Å². The molecule has 0 spiro atoms. The highest BCUT2D eigenvalue weighted by molar-refractivity contribution is 7.89. The molecular formula is C18H19NO4S. The predicted molar refractivity (Wildman–Crippen MR) is 90.4 cm³/mol. The number of carbonyl (C=O) groups is 1. The summed E-state index contributed by atoms with van der Waals surface area (Å²) >= 11 is 0. The second kappa shape index (κ2) is 6.75. The average molecular weight is 345 g/mol. The minimum atomic E-state index is -3.88. The number of fused-ring (bicyclic) bond motifs is 1. The molecule has 0 aromatic heterocycles. The molecule has 0 fully saturated rings. The largest absolute Gasteiger partial charge is 0.480 e. The van der Waals surface area contributed by atoms with E-state index in [-0.39, 0.29) is 11.3 Å². The maximum atomic E-state index is 12.6. The summed E-state index contributed by atoms with van der Waals surface area (Å²) in [6.45, 7) is 0. The van der Waals surface area contributed by atoms with Crippen LogP contribution in [0, 0.1) is 0 Å². The van der Waals surface area contributed by atoms with Crippen molar-refractivity contribution >= 4 is 16.0 Å². The van der Waals surface area contributed by atoms with Gasteiger partial charge in [-0.2, -0.15) is 4.72 Å². The van der Waals surface area contributed by atoms with Gasteiger partial charge in [0.2, 0.25) is 10.0 Å². The lowest BCUT2D eigenvalue weighted by molar-refractivity contribution is -0.138. The lowest BCUT2D eigenvalue weighted by Crippen LogP contribution is -2.42. The minimum absolute atomic E-state index is 0.0976. The number of carboxylic acids is 1. The first kappa shape index (κ1) is 16.7. The van der Waals surface area contributed by atoms with Gasteiger partial charge < -0.3 is 5.11 Å². The third-order valence-corrected chi connectivity index (χ3v) is 5.73. The Morgan fingerprint density at radius 3 is 2.50 bits per heavy atom. The molecule has 0 saturated carbocycles. The molecule has 126 valence electrons. The molecule has 0 aliphatic heterocycles. The van der Waals surface area contributed by atoms with E-state index in [1.165, 1.54) is 5.56 Å². The van der Waals surface area contributed by atoms with Gasteiger partial charge in [0.15, 0.2) is 0 Å². The standard InChI is InChI=1S/C18H19NO4S/c20-18(21)17(11-13-5-2-1-3-6-13)19-24(22,23)16-10-9-14-7-4-8-15(14)12-16/h1-3,5-6,9-10,12,17,19H,4,7-8,11H2,(H,20,21)/t17-/m0/s1. The molecule has 0 bridgehead atoms. The number of nitrogens with one attached hydrogen (secondary N) is 1. The first-order valence-electron chi connectivity index (χ1n) is 7.86. The van der Waals surface area contributed by atoms with E-state index in [2.05, 4.69) is 4.72 Å². The normalized spacial score (nSPS) is 15.0. The van der Waals surface area contributed by atoms with Gasteiger partial charge in [-0.15, -0.1) is 0 Å². The lowest BCUT2D eigenvalue weighted by atomic mass is 10.1. The lowest BCUT2D eigenvalue weighted by Gasteiger charge is -2.15. The van der Waals surface area contributed by atoms with Crippen LogP contribution in [0.1, 0.15) is 23.1 Å². The fourth-order valence-electron chi connectivity index (χ4n) is 3.00. The highest BCUT2D eigenvalue weighted by atomic mass is 32.2. The molecule has 2 aromatic rings. The van der Waals surface area contributed by atoms with Crippen LogP contribution < -0.4 is 4.72 Å². The van der Waals surface area contributed by atoms with E-state index < -0.39 is 22.0 Å². The zero-order valence-electron chi connectivity index (χ0n) is 13.1. The van der Waals surface area contributed by atoms with E-state index in [1.54, 1.807) is 36.4 Å². The van der Waals surface area contributed by atoms with Gasteiger partial charge in [0.05, 0.1) is 4.90 Å². The number of aryl methyl sites for hydroxylation is 2. The van der Waals surface area contributed by atoms with Crippen molar-refractivity contribution in [2.45, 2.75) is 36.6 Å². The summed E-state index contributed by atoms with van der Waals surface area (Å²) in [5.74, 6) is -1.19. The molecule has 0 radical (unpaired) electrons. The summed E-state index contributed by atoms with van der Waals surface area (Å²) in [4.78, 5) is 11.6. The molecule has 1 aliphatic rings. The van der Waals surface area contributed by atoms with Crippen LogP contribution in [0.2, 0.25) is 0 Å². The number of benzene rings is 2. The Bertz CT molecular complexity index is 847. The van der Waals surface area contributed by atoms with Gasteiger partial charge in [-0.1, -0.05) is 36.4 Å². The first-order chi connectivity index (χ1) is 11.5. The number of aliphatic carboxylic acids is 1. The quantitative estimate of drug-likeness (QED) is 0.840. The van der Waals surface area contributed by atoms with Gasteiger partial charge in [0.25, 0.3) is 0 Å². The summed E-state index contributed by atoms with van der Waals surface area (Å²) < 4.78 is 27.4. The average Bonchev–Trinajstić information content (AvgIpc) is 3.02. The van der Waals surface area contributed by atoms with Crippen LogP contribution in [-0.2, 0) is 34.1 Å². The van der Waals surface area contributed by atoms with Crippen molar-refractivity contribution in [3.63, 3.8) is 0 Å². The number of sulfonamides is 1. The van der Waals surface area contributed by atoms with E-state index in [0.29, 0.717) is 0 Å². The second-order valence-electron chi connectivity index (χ2n) is 5.99. The topological polar surface area (TPSA) is 83.5 Å². The van der Waals surface area contributed by atoms with Gasteiger partial charge in [-0.05, 0) is 54.5 Å². The zero-order chi connectivity index (χ0) is 17.2. The molecule has 0 amide bonds. The van der Waals surface area contributed by atoms with Crippen molar-refractivity contribution in [2.24, 2.45) is 0 Å². The summed E-state index contributed by atoms with van der Waals surface area (Å²) in [7, 11) is -3.88. The summed E-state index contributed by atoms with van der Waals surface area (Å²) in [5, 5.41) is 9.37. The van der Waals surface area contributed by atoms with E-state index in [1.807, 2.05) is 12.1 Å². The third kappa shape index (κ3) is 3.66. The molecule has 0 heterocycles. The van der Waals surface area contributed by atoms with E-state index in [0.717, 1.165) is 30.4 Å². The number of carboxylic acid groups (broad SMARTS) is 1. The highest BCUT2D eigenvalue weighted by Crippen LogP contribution is 2.24. The maximum Gasteiger partial charge on any atom is 0.322 e. The maximum absolute atomic E-state index is 12.6. The van der Waals surface area contributed by atoms with Crippen LogP contribution in [0.25, 0.3) is 0 Å². The minimum Gasteiger partial charge on any atom is -0.480 e. The highest BCUT2D eigenvalue weighted by Gasteiger charge is 2.26. The molecular weight excluding hydrogens is 326 g/mol. The van der Waals surface area contributed by atoms with Crippen LogP contribution in [0.5, 0.6) is 0 Å². The fraction of sp³-hybridized carbons (Fsp3) is 0.278. The van der Waals surface area contributed by atoms with Crippen LogP contribution in [-0.4, -0.2) is 25.5 Å². The Balaban J connectivity index is 1.82. The van der Waals surface area contributed by atoms with Crippen LogP contribution >= 0.6 is 0 Å². The molecule has 6 heteroatoms. The van der Waals surface area contributed by atoms with Gasteiger partial charge in [-0.3, -0.25) is 4.79 Å². The Labute approximate surface area is 141 Å². The molecule has 24 heavy (non-hydrogen) atoms. The molecule has 5 nitrogen and oxygen atoms in total. The predicted octanol–water partition coefficient (Wildman–Crippen LogP) is 2.15. The molecule has 2 N–H and O–H groups in total. The van der Waals surface area contributed by atoms with Crippen molar-refractivity contribution < 1.29 is 18.3 Å². The van der Waals surface area contributed by atoms with E-state index in [9.17, 15) is 18.3 Å². The van der Waals surface area contributed by atoms with Crippen molar-refractivity contribution in [2.75, 3.05) is 0 Å². The number of rotatable bonds is 6. The number of hydrogen-bond donors (Lipinski definition) is 2. The van der Waals surface area contributed by atoms with Gasteiger partial charge >= 0.3 is 5.97 Å². The Hall–Kier alpha value is -2.18. The van der Waals surface area contributed by atoms with E-state index in [4.69, 9.17) is 0 Å². The molecule has 2 aromatic carbocycles. The van der Waals surface area contributed by atoms with Crippen molar-refractivity contribution in [3.8, 4) is 0 Å². The fourth-order valence-corrected chi connectivity index (χ4v) is 4.24. The Kier molecular flexibility index (Phi) is 4.69. The van der Waals surface area contributed by atoms with E-state index >= 15 is 0 Å². The Morgan fingerprint density at radius 2 is 1.79 bits per heavy atom. The number of hydrogen-bond acceptors (Lipinski definition) is 3. The summed E-state index contributed by atoms with van der Waals surface area (Å²) in [5.41, 5.74) is 2.97. The summed E-state index contributed by atoms with van der Waals surface area (Å²) in [6, 6.07) is 12.8. The summed E-state index contributed by atoms with van der Waals surface area (Å²) in [6.07, 6.45) is 2.96. The second-order valence-corrected chi connectivity index (χ2v) is 7.70. The monoisotopic (exact) mass is 345 g/mol. The van der Waals surface area contributed by atoms with Gasteiger partial charge in [0, 0.05) is 0 Å². The molecule has 1 aliphatic carbocycles. The van der Waals surface area contributed by atoms with Crippen molar-refractivity contribution in [1.82, 2.24) is 4.72 Å². The van der Waals surface area contributed by atoms with Gasteiger partial charge in [0.1, 0.15) is 6.04 Å². The van der Waals surface area contributed by atoms with Crippen LogP contribution in [0.15, 0.2) is 53.4 Å². The first-order valence-corrected chi connectivity index (χ1v) is 9.35. The molecule has 0 unspecified atom stereocenters. The smallest absolute Gasteiger partial charge is 0.322 e. The third-order valence-electron chi connectivity index (χ3n) is 4.26. The van der Waals surface area contributed by atoms with Crippen LogP contribution in [0.4, 0.5) is 0 Å².